The molecule has 0 spiro atoms. The SMILES string of the molecule is CNC(c1sccc1C)C1CCCCC1C(F)(F)F. The molecule has 0 amide bonds. The smallest absolute Gasteiger partial charge is 0.312 e. The molecule has 1 aliphatic carbocycles. The molecule has 1 heterocycles. The molecule has 1 N–H and O–H groups in total. The van der Waals surface area contributed by atoms with Crippen molar-refractivity contribution in [2.24, 2.45) is 11.8 Å². The summed E-state index contributed by atoms with van der Waals surface area (Å²) in [7, 11) is 1.77. The zero-order valence-electron chi connectivity index (χ0n) is 11.3. The molecule has 5 heteroatoms. The average Bonchev–Trinajstić information content (AvgIpc) is 2.76. The highest BCUT2D eigenvalue weighted by atomic mass is 32.1. The monoisotopic (exact) mass is 291 g/mol. The molecule has 1 aromatic rings. The van der Waals surface area contributed by atoms with E-state index in [2.05, 4.69) is 5.32 Å². The maximum absolute atomic E-state index is 13.2. The lowest BCUT2D eigenvalue weighted by Gasteiger charge is -2.38. The summed E-state index contributed by atoms with van der Waals surface area (Å²) in [6.07, 6.45) is -1.55. The number of nitrogens with one attached hydrogen (secondary N) is 1. The van der Waals surface area contributed by atoms with Crippen LogP contribution < -0.4 is 5.32 Å². The normalized spacial score (nSPS) is 26.4. The molecule has 1 aromatic heterocycles. The van der Waals surface area contributed by atoms with Gasteiger partial charge in [0.2, 0.25) is 0 Å². The third kappa shape index (κ3) is 3.14. The molecular formula is C14H20F3NS. The van der Waals surface area contributed by atoms with Crippen LogP contribution >= 0.6 is 11.3 Å². The van der Waals surface area contributed by atoms with Gasteiger partial charge in [-0.15, -0.1) is 11.3 Å². The quantitative estimate of drug-likeness (QED) is 0.852. The van der Waals surface area contributed by atoms with Crippen molar-refractivity contribution in [3.05, 3.63) is 21.9 Å². The Morgan fingerprint density at radius 1 is 1.32 bits per heavy atom. The zero-order chi connectivity index (χ0) is 14.0. The molecule has 1 saturated carbocycles. The van der Waals surface area contributed by atoms with Crippen LogP contribution in [0.5, 0.6) is 0 Å². The van der Waals surface area contributed by atoms with Gasteiger partial charge in [-0.05, 0) is 49.7 Å². The minimum absolute atomic E-state index is 0.174. The third-order valence-corrected chi connectivity index (χ3v) is 5.27. The number of thiophene rings is 1. The first-order chi connectivity index (χ1) is 8.95. The zero-order valence-corrected chi connectivity index (χ0v) is 12.1. The Kier molecular flexibility index (Phi) is 4.56. The molecule has 2 rings (SSSR count). The number of aryl methyl sites for hydroxylation is 1. The third-order valence-electron chi connectivity index (χ3n) is 4.16. The van der Waals surface area contributed by atoms with Gasteiger partial charge in [-0.3, -0.25) is 0 Å². The summed E-state index contributed by atoms with van der Waals surface area (Å²) in [5.41, 5.74) is 1.09. The standard InChI is InChI=1S/C14H20F3NS/c1-9-7-8-19-13(9)12(18-2)10-5-3-4-6-11(10)14(15,16)17/h7-8,10-12,18H,3-6H2,1-2H3. The Bertz CT molecular complexity index is 413. The molecule has 1 nitrogen and oxygen atoms in total. The summed E-state index contributed by atoms with van der Waals surface area (Å²) in [4.78, 5) is 1.06. The summed E-state index contributed by atoms with van der Waals surface area (Å²) in [5.74, 6) is -1.50. The Labute approximate surface area is 116 Å². The van der Waals surface area contributed by atoms with Gasteiger partial charge in [-0.25, -0.2) is 0 Å². The first kappa shape index (κ1) is 14.9. The first-order valence-electron chi connectivity index (χ1n) is 6.73. The number of hydrogen-bond donors (Lipinski definition) is 1. The maximum Gasteiger partial charge on any atom is 0.392 e. The number of halogens is 3. The highest BCUT2D eigenvalue weighted by Crippen LogP contribution is 2.47. The predicted molar refractivity (Wildman–Crippen MR) is 72.4 cm³/mol. The van der Waals surface area contributed by atoms with E-state index in [1.54, 1.807) is 18.4 Å². The van der Waals surface area contributed by atoms with Gasteiger partial charge >= 0.3 is 6.18 Å². The molecule has 108 valence electrons. The van der Waals surface area contributed by atoms with Gasteiger partial charge in [0.1, 0.15) is 0 Å². The lowest BCUT2D eigenvalue weighted by Crippen LogP contribution is -2.39. The fraction of sp³-hybridized carbons (Fsp3) is 0.714. The first-order valence-corrected chi connectivity index (χ1v) is 7.61. The molecule has 0 aromatic carbocycles. The second-order valence-corrected chi connectivity index (χ2v) is 6.28. The van der Waals surface area contributed by atoms with E-state index in [0.717, 1.165) is 16.9 Å². The van der Waals surface area contributed by atoms with Crippen LogP contribution in [0.1, 0.15) is 42.2 Å². The summed E-state index contributed by atoms with van der Waals surface area (Å²) in [5, 5.41) is 5.09. The van der Waals surface area contributed by atoms with Crippen LogP contribution in [0, 0.1) is 18.8 Å². The van der Waals surface area contributed by atoms with Crippen LogP contribution in [0.2, 0.25) is 0 Å². The van der Waals surface area contributed by atoms with Crippen molar-refractivity contribution in [3.63, 3.8) is 0 Å². The number of alkyl halides is 3. The summed E-state index contributed by atoms with van der Waals surface area (Å²) in [6.45, 7) is 1.97. The molecule has 0 bridgehead atoms. The van der Waals surface area contributed by atoms with Gasteiger partial charge in [-0.2, -0.15) is 13.2 Å². The molecular weight excluding hydrogens is 271 g/mol. The molecule has 0 saturated heterocycles. The van der Waals surface area contributed by atoms with E-state index in [9.17, 15) is 13.2 Å². The Morgan fingerprint density at radius 3 is 2.53 bits per heavy atom. The topological polar surface area (TPSA) is 12.0 Å². The Balaban J connectivity index is 2.27. The molecule has 0 aliphatic heterocycles. The van der Waals surface area contributed by atoms with E-state index in [1.165, 1.54) is 0 Å². The van der Waals surface area contributed by atoms with E-state index in [1.807, 2.05) is 18.4 Å². The highest BCUT2D eigenvalue weighted by molar-refractivity contribution is 7.10. The van der Waals surface area contributed by atoms with Crippen LogP contribution in [-0.2, 0) is 0 Å². The minimum Gasteiger partial charge on any atom is -0.312 e. The highest BCUT2D eigenvalue weighted by Gasteiger charge is 2.48. The second kappa shape index (κ2) is 5.83. The van der Waals surface area contributed by atoms with Gasteiger partial charge in [0, 0.05) is 10.9 Å². The fourth-order valence-electron chi connectivity index (χ4n) is 3.21. The Hall–Kier alpha value is -0.550. The number of hydrogen-bond acceptors (Lipinski definition) is 2. The van der Waals surface area contributed by atoms with Crippen molar-refractivity contribution < 1.29 is 13.2 Å². The van der Waals surface area contributed by atoms with Crippen molar-refractivity contribution in [1.82, 2.24) is 5.32 Å². The van der Waals surface area contributed by atoms with E-state index in [-0.39, 0.29) is 18.4 Å². The van der Waals surface area contributed by atoms with E-state index in [0.29, 0.717) is 12.8 Å². The van der Waals surface area contributed by atoms with Gasteiger partial charge in [0.15, 0.2) is 0 Å². The molecule has 19 heavy (non-hydrogen) atoms. The van der Waals surface area contributed by atoms with E-state index < -0.39 is 12.1 Å². The lowest BCUT2D eigenvalue weighted by atomic mass is 9.74. The van der Waals surface area contributed by atoms with Crippen LogP contribution in [-0.4, -0.2) is 13.2 Å². The van der Waals surface area contributed by atoms with Crippen molar-refractivity contribution >= 4 is 11.3 Å². The number of rotatable bonds is 3. The van der Waals surface area contributed by atoms with Crippen molar-refractivity contribution in [2.75, 3.05) is 7.05 Å². The summed E-state index contributed by atoms with van der Waals surface area (Å²) in [6, 6.07) is 1.81. The van der Waals surface area contributed by atoms with Crippen molar-refractivity contribution in [1.29, 1.82) is 0 Å². The summed E-state index contributed by atoms with van der Waals surface area (Å²) < 4.78 is 39.6. The molecule has 0 radical (unpaired) electrons. The molecule has 1 fully saturated rings. The largest absolute Gasteiger partial charge is 0.392 e. The van der Waals surface area contributed by atoms with Gasteiger partial charge < -0.3 is 5.32 Å². The van der Waals surface area contributed by atoms with Gasteiger partial charge in [-0.1, -0.05) is 12.8 Å². The van der Waals surface area contributed by atoms with Crippen LogP contribution in [0.3, 0.4) is 0 Å². The lowest BCUT2D eigenvalue weighted by molar-refractivity contribution is -0.199. The second-order valence-electron chi connectivity index (χ2n) is 5.33. The van der Waals surface area contributed by atoms with Crippen LogP contribution in [0.4, 0.5) is 13.2 Å². The minimum atomic E-state index is -4.08. The maximum atomic E-state index is 13.2. The molecule has 3 unspecified atom stereocenters. The molecule has 1 aliphatic rings. The summed E-state index contributed by atoms with van der Waals surface area (Å²) >= 11 is 1.56. The molecule has 3 atom stereocenters. The fourth-order valence-corrected chi connectivity index (χ4v) is 4.32. The van der Waals surface area contributed by atoms with E-state index in [4.69, 9.17) is 0 Å². The van der Waals surface area contributed by atoms with Crippen LogP contribution in [0.15, 0.2) is 11.4 Å². The van der Waals surface area contributed by atoms with Gasteiger partial charge in [0.05, 0.1) is 5.92 Å². The van der Waals surface area contributed by atoms with E-state index >= 15 is 0 Å². The van der Waals surface area contributed by atoms with Crippen molar-refractivity contribution in [3.8, 4) is 0 Å². The average molecular weight is 291 g/mol. The van der Waals surface area contributed by atoms with Crippen molar-refractivity contribution in [2.45, 2.75) is 44.8 Å². The van der Waals surface area contributed by atoms with Crippen LogP contribution in [0.25, 0.3) is 0 Å². The Morgan fingerprint density at radius 2 is 2.00 bits per heavy atom. The predicted octanol–water partition coefficient (Wildman–Crippen LogP) is 4.69. The van der Waals surface area contributed by atoms with Gasteiger partial charge in [0.25, 0.3) is 0 Å².